The summed E-state index contributed by atoms with van der Waals surface area (Å²) in [6, 6.07) is 10.8. The van der Waals surface area contributed by atoms with Crippen molar-refractivity contribution in [3.8, 4) is 0 Å². The molecule has 0 saturated carbocycles. The van der Waals surface area contributed by atoms with E-state index in [0.29, 0.717) is 6.04 Å². The average molecular weight is 202 g/mol. The summed E-state index contributed by atoms with van der Waals surface area (Å²) in [6.45, 7) is 3.20. The molecule has 0 radical (unpaired) electrons. The predicted molar refractivity (Wildman–Crippen MR) is 64.5 cm³/mol. The zero-order chi connectivity index (χ0) is 10.5. The van der Waals surface area contributed by atoms with Crippen molar-refractivity contribution >= 4 is 6.08 Å². The molecule has 2 N–H and O–H groups in total. The topological polar surface area (TPSA) is 29.3 Å². The van der Waals surface area contributed by atoms with Gasteiger partial charge in [0.2, 0.25) is 0 Å². The molecular weight excluding hydrogens is 184 g/mol. The highest BCUT2D eigenvalue weighted by Gasteiger charge is 2.16. The summed E-state index contributed by atoms with van der Waals surface area (Å²) >= 11 is 0. The van der Waals surface area contributed by atoms with Crippen molar-refractivity contribution in [2.45, 2.75) is 12.5 Å². The summed E-state index contributed by atoms with van der Waals surface area (Å²) in [5.41, 5.74) is 7.11. The number of rotatable bonds is 3. The standard InChI is InChI=1S/C13H18N2/c14-13-8-10-15(11-13)9-4-7-12-5-2-1-3-6-12/h1-7,13H,8-11,14H2. The van der Waals surface area contributed by atoms with Gasteiger partial charge in [0, 0.05) is 25.7 Å². The smallest absolute Gasteiger partial charge is 0.0180 e. The van der Waals surface area contributed by atoms with Gasteiger partial charge in [-0.25, -0.2) is 0 Å². The lowest BCUT2D eigenvalue weighted by Gasteiger charge is -2.11. The maximum atomic E-state index is 5.84. The largest absolute Gasteiger partial charge is 0.326 e. The predicted octanol–water partition coefficient (Wildman–Crippen LogP) is 1.73. The van der Waals surface area contributed by atoms with Crippen molar-refractivity contribution in [3.05, 3.63) is 42.0 Å². The molecule has 1 atom stereocenters. The molecule has 1 heterocycles. The molecule has 1 aromatic rings. The Bertz CT molecular complexity index is 319. The summed E-state index contributed by atoms with van der Waals surface area (Å²) in [5.74, 6) is 0. The molecule has 1 aliphatic rings. The molecule has 2 rings (SSSR count). The van der Waals surface area contributed by atoms with E-state index >= 15 is 0 Å². The van der Waals surface area contributed by atoms with Gasteiger partial charge in [0.1, 0.15) is 0 Å². The first-order valence-corrected chi connectivity index (χ1v) is 5.54. The molecule has 0 amide bonds. The van der Waals surface area contributed by atoms with Gasteiger partial charge in [0.15, 0.2) is 0 Å². The van der Waals surface area contributed by atoms with Crippen LogP contribution in [0.4, 0.5) is 0 Å². The molecular formula is C13H18N2. The van der Waals surface area contributed by atoms with Gasteiger partial charge in [-0.15, -0.1) is 0 Å². The van der Waals surface area contributed by atoms with Crippen LogP contribution in [0.1, 0.15) is 12.0 Å². The van der Waals surface area contributed by atoms with Crippen molar-refractivity contribution in [1.29, 1.82) is 0 Å². The fourth-order valence-corrected chi connectivity index (χ4v) is 1.93. The van der Waals surface area contributed by atoms with Crippen LogP contribution in [-0.2, 0) is 0 Å². The molecule has 1 saturated heterocycles. The summed E-state index contributed by atoms with van der Waals surface area (Å²) < 4.78 is 0. The molecule has 1 fully saturated rings. The van der Waals surface area contributed by atoms with Crippen molar-refractivity contribution in [1.82, 2.24) is 4.90 Å². The minimum absolute atomic E-state index is 0.384. The van der Waals surface area contributed by atoms with Crippen LogP contribution < -0.4 is 5.73 Å². The lowest BCUT2D eigenvalue weighted by atomic mass is 10.2. The van der Waals surface area contributed by atoms with Crippen LogP contribution in [0.15, 0.2) is 36.4 Å². The fraction of sp³-hybridized carbons (Fsp3) is 0.385. The van der Waals surface area contributed by atoms with Gasteiger partial charge in [-0.05, 0) is 12.0 Å². The lowest BCUT2D eigenvalue weighted by Crippen LogP contribution is -2.26. The quantitative estimate of drug-likeness (QED) is 0.809. The number of nitrogens with zero attached hydrogens (tertiary/aromatic N) is 1. The Morgan fingerprint density at radius 1 is 1.33 bits per heavy atom. The third kappa shape index (κ3) is 3.18. The number of nitrogens with two attached hydrogens (primary N) is 1. The van der Waals surface area contributed by atoms with E-state index in [4.69, 9.17) is 5.73 Å². The summed E-state index contributed by atoms with van der Waals surface area (Å²) in [7, 11) is 0. The molecule has 2 nitrogen and oxygen atoms in total. The maximum absolute atomic E-state index is 5.84. The molecule has 2 heteroatoms. The van der Waals surface area contributed by atoms with Gasteiger partial charge in [-0.1, -0.05) is 42.5 Å². The normalized spacial score (nSPS) is 22.6. The molecule has 0 spiro atoms. The van der Waals surface area contributed by atoms with E-state index < -0.39 is 0 Å². The van der Waals surface area contributed by atoms with Gasteiger partial charge in [0.05, 0.1) is 0 Å². The van der Waals surface area contributed by atoms with Crippen molar-refractivity contribution in [3.63, 3.8) is 0 Å². The highest BCUT2D eigenvalue weighted by atomic mass is 15.2. The van der Waals surface area contributed by atoms with Gasteiger partial charge < -0.3 is 5.73 Å². The number of likely N-dealkylation sites (tertiary alicyclic amines) is 1. The average Bonchev–Trinajstić information content (AvgIpc) is 2.66. The second-order valence-corrected chi connectivity index (χ2v) is 4.12. The minimum Gasteiger partial charge on any atom is -0.326 e. The third-order valence-electron chi connectivity index (χ3n) is 2.78. The fourth-order valence-electron chi connectivity index (χ4n) is 1.93. The molecule has 15 heavy (non-hydrogen) atoms. The monoisotopic (exact) mass is 202 g/mol. The van der Waals surface area contributed by atoms with Gasteiger partial charge in [-0.3, -0.25) is 4.90 Å². The van der Waals surface area contributed by atoms with Crippen molar-refractivity contribution in [2.24, 2.45) is 5.73 Å². The highest BCUT2D eigenvalue weighted by molar-refractivity contribution is 5.48. The van der Waals surface area contributed by atoms with E-state index in [1.165, 1.54) is 5.56 Å². The lowest BCUT2D eigenvalue weighted by molar-refractivity contribution is 0.372. The van der Waals surface area contributed by atoms with Crippen LogP contribution >= 0.6 is 0 Å². The molecule has 0 bridgehead atoms. The Morgan fingerprint density at radius 3 is 2.80 bits per heavy atom. The second kappa shape index (κ2) is 5.10. The first-order chi connectivity index (χ1) is 7.34. The van der Waals surface area contributed by atoms with Crippen LogP contribution in [0.3, 0.4) is 0 Å². The van der Waals surface area contributed by atoms with E-state index in [0.717, 1.165) is 26.1 Å². The second-order valence-electron chi connectivity index (χ2n) is 4.12. The number of hydrogen-bond acceptors (Lipinski definition) is 2. The van der Waals surface area contributed by atoms with Gasteiger partial charge in [-0.2, -0.15) is 0 Å². The Morgan fingerprint density at radius 2 is 2.13 bits per heavy atom. The minimum atomic E-state index is 0.384. The Hall–Kier alpha value is -1.12. The Balaban J connectivity index is 1.81. The van der Waals surface area contributed by atoms with E-state index in [2.05, 4.69) is 41.3 Å². The van der Waals surface area contributed by atoms with E-state index in [1.54, 1.807) is 0 Å². The number of hydrogen-bond donors (Lipinski definition) is 1. The molecule has 0 aliphatic carbocycles. The molecule has 1 aliphatic heterocycles. The molecule has 80 valence electrons. The van der Waals surface area contributed by atoms with E-state index in [1.807, 2.05) is 6.07 Å². The first-order valence-electron chi connectivity index (χ1n) is 5.54. The third-order valence-corrected chi connectivity index (χ3v) is 2.78. The van der Waals surface area contributed by atoms with Crippen molar-refractivity contribution < 1.29 is 0 Å². The molecule has 1 unspecified atom stereocenters. The van der Waals surface area contributed by atoms with Gasteiger partial charge in [0.25, 0.3) is 0 Å². The van der Waals surface area contributed by atoms with Crippen LogP contribution in [-0.4, -0.2) is 30.6 Å². The Kier molecular flexibility index (Phi) is 3.54. The summed E-state index contributed by atoms with van der Waals surface area (Å²) in [6.07, 6.45) is 5.52. The van der Waals surface area contributed by atoms with Crippen LogP contribution in [0.5, 0.6) is 0 Å². The van der Waals surface area contributed by atoms with Gasteiger partial charge >= 0.3 is 0 Å². The summed E-state index contributed by atoms with van der Waals surface area (Å²) in [5, 5.41) is 0. The van der Waals surface area contributed by atoms with Crippen LogP contribution in [0, 0.1) is 0 Å². The first kappa shape index (κ1) is 10.4. The zero-order valence-electron chi connectivity index (χ0n) is 8.97. The maximum Gasteiger partial charge on any atom is 0.0180 e. The van der Waals surface area contributed by atoms with Crippen LogP contribution in [0.2, 0.25) is 0 Å². The SMILES string of the molecule is NC1CCN(CC=Cc2ccccc2)C1. The molecule has 1 aromatic carbocycles. The molecule has 0 aromatic heterocycles. The van der Waals surface area contributed by atoms with E-state index in [-0.39, 0.29) is 0 Å². The van der Waals surface area contributed by atoms with E-state index in [9.17, 15) is 0 Å². The summed E-state index contributed by atoms with van der Waals surface area (Å²) in [4.78, 5) is 2.39. The van der Waals surface area contributed by atoms with Crippen molar-refractivity contribution in [2.75, 3.05) is 19.6 Å². The zero-order valence-corrected chi connectivity index (χ0v) is 8.97. The Labute approximate surface area is 91.4 Å². The van der Waals surface area contributed by atoms with Crippen LogP contribution in [0.25, 0.3) is 6.08 Å². The number of benzene rings is 1. The highest BCUT2D eigenvalue weighted by Crippen LogP contribution is 2.07.